The van der Waals surface area contributed by atoms with Crippen molar-refractivity contribution in [2.24, 2.45) is 5.92 Å². The lowest BCUT2D eigenvalue weighted by molar-refractivity contribution is 0.283. The largest absolute Gasteiger partial charge is 0.317 e. The number of hydrogen-bond donors (Lipinski definition) is 1. The topological polar surface area (TPSA) is 49.4 Å². The Morgan fingerprint density at radius 3 is 2.30 bits per heavy atom. The average Bonchev–Trinajstić information content (AvgIpc) is 2.49. The molecule has 0 spiro atoms. The van der Waals surface area contributed by atoms with Crippen molar-refractivity contribution in [2.45, 2.75) is 63.5 Å². The van der Waals surface area contributed by atoms with Crippen LogP contribution in [0.2, 0.25) is 0 Å². The van der Waals surface area contributed by atoms with Gasteiger partial charge in [-0.3, -0.25) is 0 Å². The highest BCUT2D eigenvalue weighted by molar-refractivity contribution is 7.89. The molecule has 0 bridgehead atoms. The van der Waals surface area contributed by atoms with Gasteiger partial charge in [-0.05, 0) is 51.1 Å². The van der Waals surface area contributed by atoms with Gasteiger partial charge in [0, 0.05) is 13.1 Å². The first kappa shape index (κ1) is 16.2. The maximum absolute atomic E-state index is 12.9. The van der Waals surface area contributed by atoms with Gasteiger partial charge in [0.15, 0.2) is 0 Å². The van der Waals surface area contributed by atoms with Crippen LogP contribution in [0.1, 0.15) is 58.3 Å². The maximum Gasteiger partial charge on any atom is 0.216 e. The third-order valence-corrected chi connectivity index (χ3v) is 7.09. The van der Waals surface area contributed by atoms with Crippen molar-refractivity contribution in [1.29, 1.82) is 0 Å². The first-order valence-corrected chi connectivity index (χ1v) is 9.84. The van der Waals surface area contributed by atoms with E-state index in [4.69, 9.17) is 0 Å². The minimum Gasteiger partial charge on any atom is -0.317 e. The van der Waals surface area contributed by atoms with Crippen molar-refractivity contribution in [3.8, 4) is 0 Å². The van der Waals surface area contributed by atoms with Gasteiger partial charge in [-0.2, -0.15) is 0 Å². The molecule has 0 aromatic carbocycles. The fraction of sp³-hybridized carbons (Fsp3) is 1.00. The Balaban J connectivity index is 2.01. The zero-order chi connectivity index (χ0) is 14.4. The molecule has 1 saturated carbocycles. The van der Waals surface area contributed by atoms with Gasteiger partial charge in [0.25, 0.3) is 0 Å². The summed E-state index contributed by atoms with van der Waals surface area (Å²) in [4.78, 5) is 0. The second kappa shape index (κ2) is 7.76. The van der Waals surface area contributed by atoms with Crippen molar-refractivity contribution < 1.29 is 8.42 Å². The fourth-order valence-electron chi connectivity index (χ4n) is 3.50. The quantitative estimate of drug-likeness (QED) is 0.819. The molecule has 1 aliphatic carbocycles. The van der Waals surface area contributed by atoms with Crippen molar-refractivity contribution >= 4 is 10.0 Å². The molecule has 0 aromatic heterocycles. The third-order valence-electron chi connectivity index (χ3n) is 4.73. The molecule has 0 unspecified atom stereocenters. The van der Waals surface area contributed by atoms with Crippen LogP contribution in [0.3, 0.4) is 0 Å². The molecule has 20 heavy (non-hydrogen) atoms. The van der Waals surface area contributed by atoms with Gasteiger partial charge in [-0.1, -0.05) is 26.2 Å². The van der Waals surface area contributed by atoms with E-state index in [2.05, 4.69) is 12.2 Å². The van der Waals surface area contributed by atoms with Crippen LogP contribution in [0, 0.1) is 5.92 Å². The van der Waals surface area contributed by atoms with Crippen LogP contribution >= 0.6 is 0 Å². The van der Waals surface area contributed by atoms with E-state index in [1.54, 1.807) is 0 Å². The molecule has 1 saturated heterocycles. The molecule has 1 aliphatic heterocycles. The summed E-state index contributed by atoms with van der Waals surface area (Å²) in [7, 11) is -3.07. The number of nitrogens with zero attached hydrogens (tertiary/aromatic N) is 1. The Hall–Kier alpha value is -0.130. The van der Waals surface area contributed by atoms with E-state index in [0.29, 0.717) is 12.5 Å². The summed E-state index contributed by atoms with van der Waals surface area (Å²) < 4.78 is 27.5. The van der Waals surface area contributed by atoms with Crippen LogP contribution < -0.4 is 5.32 Å². The predicted molar refractivity (Wildman–Crippen MR) is 83.3 cm³/mol. The van der Waals surface area contributed by atoms with Crippen LogP contribution in [0.25, 0.3) is 0 Å². The Morgan fingerprint density at radius 2 is 1.70 bits per heavy atom. The second-order valence-electron chi connectivity index (χ2n) is 6.36. The highest BCUT2D eigenvalue weighted by Gasteiger charge is 2.33. The normalized spacial score (nSPS) is 23.3. The smallest absolute Gasteiger partial charge is 0.216 e. The number of hydrogen-bond acceptors (Lipinski definition) is 3. The molecular formula is C15H30N2O2S. The zero-order valence-electron chi connectivity index (χ0n) is 12.8. The molecule has 2 rings (SSSR count). The standard InChI is InChI=1S/C15H30N2O2S/c1-2-12-17(13-14-8-10-16-11-9-14)20(18,19)15-6-4-3-5-7-15/h14-16H,2-13H2,1H3. The van der Waals surface area contributed by atoms with Crippen molar-refractivity contribution in [2.75, 3.05) is 26.2 Å². The Bertz CT molecular complexity index is 371. The van der Waals surface area contributed by atoms with E-state index >= 15 is 0 Å². The van der Waals surface area contributed by atoms with Crippen molar-refractivity contribution in [3.05, 3.63) is 0 Å². The minimum atomic E-state index is -3.07. The highest BCUT2D eigenvalue weighted by atomic mass is 32.2. The predicted octanol–water partition coefficient (Wildman–Crippen LogP) is 2.36. The van der Waals surface area contributed by atoms with Gasteiger partial charge in [-0.25, -0.2) is 12.7 Å². The Morgan fingerprint density at radius 1 is 1.05 bits per heavy atom. The summed E-state index contributed by atoms with van der Waals surface area (Å²) >= 11 is 0. The minimum absolute atomic E-state index is 0.107. The van der Waals surface area contributed by atoms with E-state index in [1.165, 1.54) is 6.42 Å². The summed E-state index contributed by atoms with van der Waals surface area (Å²) in [5.74, 6) is 0.543. The summed E-state index contributed by atoms with van der Waals surface area (Å²) in [5.41, 5.74) is 0. The summed E-state index contributed by atoms with van der Waals surface area (Å²) in [6.07, 6.45) is 8.24. The van der Waals surface area contributed by atoms with E-state index in [-0.39, 0.29) is 5.25 Å². The van der Waals surface area contributed by atoms with Gasteiger partial charge in [0.2, 0.25) is 10.0 Å². The molecular weight excluding hydrogens is 272 g/mol. The lowest BCUT2D eigenvalue weighted by Gasteiger charge is -2.33. The molecule has 0 atom stereocenters. The lowest BCUT2D eigenvalue weighted by Crippen LogP contribution is -2.44. The van der Waals surface area contributed by atoms with E-state index in [1.807, 2.05) is 4.31 Å². The van der Waals surface area contributed by atoms with Crippen LogP contribution in [0.4, 0.5) is 0 Å². The van der Waals surface area contributed by atoms with Gasteiger partial charge < -0.3 is 5.32 Å². The van der Waals surface area contributed by atoms with Gasteiger partial charge in [-0.15, -0.1) is 0 Å². The van der Waals surface area contributed by atoms with Crippen molar-refractivity contribution in [1.82, 2.24) is 9.62 Å². The van der Waals surface area contributed by atoms with Crippen molar-refractivity contribution in [3.63, 3.8) is 0 Å². The first-order valence-electron chi connectivity index (χ1n) is 8.34. The SMILES string of the molecule is CCCN(CC1CCNCC1)S(=O)(=O)C1CCCCC1. The number of rotatable bonds is 6. The average molecular weight is 302 g/mol. The second-order valence-corrected chi connectivity index (χ2v) is 8.57. The molecule has 1 N–H and O–H groups in total. The summed E-state index contributed by atoms with van der Waals surface area (Å²) in [6.45, 7) is 5.59. The molecule has 4 nitrogen and oxygen atoms in total. The molecule has 5 heteroatoms. The van der Waals surface area contributed by atoms with Crippen LogP contribution in [-0.4, -0.2) is 44.2 Å². The molecule has 2 fully saturated rings. The van der Waals surface area contributed by atoms with Crippen LogP contribution in [-0.2, 0) is 10.0 Å². The third kappa shape index (κ3) is 4.18. The van der Waals surface area contributed by atoms with Gasteiger partial charge in [0.1, 0.15) is 0 Å². The van der Waals surface area contributed by atoms with Gasteiger partial charge >= 0.3 is 0 Å². The summed E-state index contributed by atoms with van der Waals surface area (Å²) in [5, 5.41) is 3.25. The fourth-order valence-corrected chi connectivity index (χ4v) is 5.70. The van der Waals surface area contributed by atoms with E-state index in [9.17, 15) is 8.42 Å². The molecule has 2 aliphatic rings. The summed E-state index contributed by atoms with van der Waals surface area (Å²) in [6, 6.07) is 0. The molecule has 0 amide bonds. The molecule has 1 heterocycles. The molecule has 0 aromatic rings. The molecule has 118 valence electrons. The lowest BCUT2D eigenvalue weighted by atomic mass is 9.98. The maximum atomic E-state index is 12.9. The number of nitrogens with one attached hydrogen (secondary N) is 1. The van der Waals surface area contributed by atoms with Crippen LogP contribution in [0.15, 0.2) is 0 Å². The van der Waals surface area contributed by atoms with Gasteiger partial charge in [0.05, 0.1) is 5.25 Å². The van der Waals surface area contributed by atoms with E-state index in [0.717, 1.165) is 64.6 Å². The van der Waals surface area contributed by atoms with Crippen LogP contribution in [0.5, 0.6) is 0 Å². The number of sulfonamides is 1. The monoisotopic (exact) mass is 302 g/mol. The molecule has 0 radical (unpaired) electrons. The highest BCUT2D eigenvalue weighted by Crippen LogP contribution is 2.27. The first-order chi connectivity index (χ1) is 9.64. The number of piperidine rings is 1. The van der Waals surface area contributed by atoms with E-state index < -0.39 is 10.0 Å². The Kier molecular flexibility index (Phi) is 6.30. The zero-order valence-corrected chi connectivity index (χ0v) is 13.6. The Labute approximate surface area is 124 Å².